The minimum absolute atomic E-state index is 0.170. The molecule has 3 rings (SSSR count). The Bertz CT molecular complexity index is 674. The van der Waals surface area contributed by atoms with Gasteiger partial charge in [-0.15, -0.1) is 0 Å². The van der Waals surface area contributed by atoms with E-state index >= 15 is 0 Å². The van der Waals surface area contributed by atoms with Gasteiger partial charge in [-0.25, -0.2) is 9.97 Å². The third-order valence-corrected chi connectivity index (χ3v) is 4.21. The molecule has 0 unspecified atom stereocenters. The highest BCUT2D eigenvalue weighted by molar-refractivity contribution is 6.29. The van der Waals surface area contributed by atoms with Crippen molar-refractivity contribution >= 4 is 29.0 Å². The summed E-state index contributed by atoms with van der Waals surface area (Å²) in [4.78, 5) is 24.7. The fraction of sp³-hybridized carbons (Fsp3) is 0.353. The number of anilines is 2. The first-order chi connectivity index (χ1) is 11.7. The van der Waals surface area contributed by atoms with Crippen LogP contribution in [0.3, 0.4) is 0 Å². The summed E-state index contributed by atoms with van der Waals surface area (Å²) in [6.45, 7) is 3.68. The first-order valence-electron chi connectivity index (χ1n) is 8.01. The normalized spacial score (nSPS) is 14.5. The predicted molar refractivity (Wildman–Crippen MR) is 95.4 cm³/mol. The lowest BCUT2D eigenvalue weighted by Crippen LogP contribution is -2.49. The Balaban J connectivity index is 1.42. The van der Waals surface area contributed by atoms with Gasteiger partial charge in [-0.2, -0.15) is 0 Å². The molecule has 1 aliphatic rings. The third kappa shape index (κ3) is 4.35. The van der Waals surface area contributed by atoms with Crippen molar-refractivity contribution in [2.75, 3.05) is 42.9 Å². The standard InChI is InChI=1S/C17H20ClN5O/c18-15-13-14(4-7-20-15)19-8-5-17(24)23-11-9-22(10-12-23)16-3-1-2-6-21-16/h1-4,6-7,13H,5,8-12H2,(H,19,20). The van der Waals surface area contributed by atoms with Crippen LogP contribution in [0.2, 0.25) is 5.15 Å². The van der Waals surface area contributed by atoms with Gasteiger partial charge in [0.15, 0.2) is 0 Å². The maximum absolute atomic E-state index is 12.3. The molecular weight excluding hydrogens is 326 g/mol. The molecule has 1 fully saturated rings. The molecule has 1 N–H and O–H groups in total. The number of aromatic nitrogens is 2. The van der Waals surface area contributed by atoms with E-state index in [1.807, 2.05) is 29.2 Å². The molecule has 24 heavy (non-hydrogen) atoms. The number of hydrogen-bond acceptors (Lipinski definition) is 5. The number of rotatable bonds is 5. The van der Waals surface area contributed by atoms with Crippen LogP contribution in [-0.4, -0.2) is 53.5 Å². The molecule has 1 saturated heterocycles. The van der Waals surface area contributed by atoms with Crippen molar-refractivity contribution in [2.24, 2.45) is 0 Å². The first-order valence-corrected chi connectivity index (χ1v) is 8.39. The summed E-state index contributed by atoms with van der Waals surface area (Å²) < 4.78 is 0. The van der Waals surface area contributed by atoms with E-state index in [4.69, 9.17) is 11.6 Å². The lowest BCUT2D eigenvalue weighted by atomic mass is 10.2. The van der Waals surface area contributed by atoms with Gasteiger partial charge in [0, 0.05) is 57.2 Å². The summed E-state index contributed by atoms with van der Waals surface area (Å²) in [5, 5.41) is 3.64. The zero-order valence-corrected chi connectivity index (χ0v) is 14.1. The maximum atomic E-state index is 12.3. The van der Waals surface area contributed by atoms with Gasteiger partial charge in [-0.3, -0.25) is 4.79 Å². The first kappa shape index (κ1) is 16.5. The van der Waals surface area contributed by atoms with E-state index in [0.29, 0.717) is 18.1 Å². The zero-order chi connectivity index (χ0) is 16.8. The van der Waals surface area contributed by atoms with E-state index in [-0.39, 0.29) is 5.91 Å². The third-order valence-electron chi connectivity index (χ3n) is 4.00. The molecule has 126 valence electrons. The number of nitrogens with one attached hydrogen (secondary N) is 1. The van der Waals surface area contributed by atoms with Crippen LogP contribution in [0.1, 0.15) is 6.42 Å². The number of halogens is 1. The number of amides is 1. The summed E-state index contributed by atoms with van der Waals surface area (Å²) in [5.74, 6) is 1.14. The van der Waals surface area contributed by atoms with Crippen LogP contribution in [0.25, 0.3) is 0 Å². The van der Waals surface area contributed by atoms with Gasteiger partial charge in [0.05, 0.1) is 0 Å². The van der Waals surface area contributed by atoms with Crippen LogP contribution < -0.4 is 10.2 Å². The molecule has 0 saturated carbocycles. The second kappa shape index (κ2) is 7.97. The molecule has 0 radical (unpaired) electrons. The zero-order valence-electron chi connectivity index (χ0n) is 13.4. The fourth-order valence-corrected chi connectivity index (χ4v) is 2.88. The summed E-state index contributed by atoms with van der Waals surface area (Å²) in [6.07, 6.45) is 3.90. The van der Waals surface area contributed by atoms with E-state index < -0.39 is 0 Å². The Hall–Kier alpha value is -2.34. The van der Waals surface area contributed by atoms with E-state index in [1.54, 1.807) is 18.5 Å². The van der Waals surface area contributed by atoms with Crippen LogP contribution in [0, 0.1) is 0 Å². The van der Waals surface area contributed by atoms with Gasteiger partial charge in [0.2, 0.25) is 5.91 Å². The molecule has 0 aromatic carbocycles. The van der Waals surface area contributed by atoms with Crippen molar-refractivity contribution in [3.8, 4) is 0 Å². The molecular formula is C17H20ClN5O. The smallest absolute Gasteiger partial charge is 0.224 e. The van der Waals surface area contributed by atoms with E-state index in [2.05, 4.69) is 20.2 Å². The SMILES string of the molecule is O=C(CCNc1ccnc(Cl)c1)N1CCN(c2ccccn2)CC1. The van der Waals surface area contributed by atoms with Crippen LogP contribution >= 0.6 is 11.6 Å². The van der Waals surface area contributed by atoms with Crippen molar-refractivity contribution in [3.05, 3.63) is 47.9 Å². The molecule has 1 aliphatic heterocycles. The Kier molecular flexibility index (Phi) is 5.48. The van der Waals surface area contributed by atoms with Gasteiger partial charge in [0.25, 0.3) is 0 Å². The molecule has 2 aromatic heterocycles. The second-order valence-corrected chi connectivity index (χ2v) is 5.99. The van der Waals surface area contributed by atoms with Crippen molar-refractivity contribution in [1.29, 1.82) is 0 Å². The van der Waals surface area contributed by atoms with Gasteiger partial charge in [-0.1, -0.05) is 17.7 Å². The van der Waals surface area contributed by atoms with Crippen molar-refractivity contribution < 1.29 is 4.79 Å². The Morgan fingerprint density at radius 1 is 1.12 bits per heavy atom. The molecule has 0 spiro atoms. The summed E-state index contributed by atoms with van der Waals surface area (Å²) >= 11 is 5.84. The molecule has 7 heteroatoms. The minimum atomic E-state index is 0.170. The Labute approximate surface area is 146 Å². The summed E-state index contributed by atoms with van der Waals surface area (Å²) in [6, 6.07) is 9.48. The number of nitrogens with zero attached hydrogens (tertiary/aromatic N) is 4. The highest BCUT2D eigenvalue weighted by Crippen LogP contribution is 2.14. The molecule has 2 aromatic rings. The summed E-state index contributed by atoms with van der Waals surface area (Å²) in [5.41, 5.74) is 0.878. The number of carbonyl (C=O) groups is 1. The number of pyridine rings is 2. The van der Waals surface area contributed by atoms with E-state index in [9.17, 15) is 4.79 Å². The van der Waals surface area contributed by atoms with Crippen molar-refractivity contribution in [1.82, 2.24) is 14.9 Å². The monoisotopic (exact) mass is 345 g/mol. The van der Waals surface area contributed by atoms with Crippen molar-refractivity contribution in [2.45, 2.75) is 6.42 Å². The minimum Gasteiger partial charge on any atom is -0.384 e. The average molecular weight is 346 g/mol. The largest absolute Gasteiger partial charge is 0.384 e. The van der Waals surface area contributed by atoms with Gasteiger partial charge in [-0.05, 0) is 24.3 Å². The van der Waals surface area contributed by atoms with Crippen molar-refractivity contribution in [3.63, 3.8) is 0 Å². The molecule has 1 amide bonds. The predicted octanol–water partition coefficient (Wildman–Crippen LogP) is 2.28. The maximum Gasteiger partial charge on any atom is 0.224 e. The number of carbonyl (C=O) groups excluding carboxylic acids is 1. The van der Waals surface area contributed by atoms with Crippen LogP contribution in [0.4, 0.5) is 11.5 Å². The highest BCUT2D eigenvalue weighted by Gasteiger charge is 2.21. The van der Waals surface area contributed by atoms with Crippen LogP contribution in [0.15, 0.2) is 42.7 Å². The van der Waals surface area contributed by atoms with Gasteiger partial charge >= 0.3 is 0 Å². The van der Waals surface area contributed by atoms with Gasteiger partial charge in [0.1, 0.15) is 11.0 Å². The van der Waals surface area contributed by atoms with Crippen LogP contribution in [0.5, 0.6) is 0 Å². The lowest BCUT2D eigenvalue weighted by Gasteiger charge is -2.35. The van der Waals surface area contributed by atoms with E-state index in [0.717, 1.165) is 37.7 Å². The number of hydrogen-bond donors (Lipinski definition) is 1. The Morgan fingerprint density at radius 3 is 2.67 bits per heavy atom. The Morgan fingerprint density at radius 2 is 1.96 bits per heavy atom. The summed E-state index contributed by atoms with van der Waals surface area (Å²) in [7, 11) is 0. The van der Waals surface area contributed by atoms with E-state index in [1.165, 1.54) is 0 Å². The quantitative estimate of drug-likeness (QED) is 0.842. The molecule has 0 aliphatic carbocycles. The highest BCUT2D eigenvalue weighted by atomic mass is 35.5. The van der Waals surface area contributed by atoms with Gasteiger partial charge < -0.3 is 15.1 Å². The fourth-order valence-electron chi connectivity index (χ4n) is 2.71. The molecule has 6 nitrogen and oxygen atoms in total. The topological polar surface area (TPSA) is 61.4 Å². The van der Waals surface area contributed by atoms with Crippen LogP contribution in [-0.2, 0) is 4.79 Å². The second-order valence-electron chi connectivity index (χ2n) is 5.60. The number of piperazine rings is 1. The average Bonchev–Trinajstić information content (AvgIpc) is 2.63. The molecule has 3 heterocycles. The molecule has 0 atom stereocenters. The molecule has 0 bridgehead atoms. The lowest BCUT2D eigenvalue weighted by molar-refractivity contribution is -0.131.